The average Bonchev–Trinajstić information content (AvgIpc) is 2.38. The predicted octanol–water partition coefficient (Wildman–Crippen LogP) is 4.91. The fraction of sp³-hybridized carbons (Fsp3) is 0.0714. The Morgan fingerprint density at radius 2 is 1.79 bits per heavy atom. The van der Waals surface area contributed by atoms with Crippen molar-refractivity contribution in [1.29, 1.82) is 0 Å². The summed E-state index contributed by atoms with van der Waals surface area (Å²) in [4.78, 5) is 12.1. The number of halogens is 2. The lowest BCUT2D eigenvalue weighted by Crippen LogP contribution is -2.07. The number of benzene rings is 2. The van der Waals surface area contributed by atoms with Crippen LogP contribution in [0.15, 0.2) is 53.4 Å². The number of thioether (sulfide) groups is 1. The standard InChI is InChI=1S/C14H10Cl2O2S/c15-10-6-7-12(11(16)8-10)19-13(14(17)18)9-4-2-1-3-5-9/h1-8,13H,(H,17,18). The maximum atomic E-state index is 11.4. The zero-order valence-corrected chi connectivity index (χ0v) is 12.0. The number of carboxylic acid groups (broad SMARTS) is 1. The Morgan fingerprint density at radius 1 is 1.11 bits per heavy atom. The van der Waals surface area contributed by atoms with Gasteiger partial charge in [0.15, 0.2) is 0 Å². The maximum absolute atomic E-state index is 11.4. The largest absolute Gasteiger partial charge is 0.480 e. The molecule has 2 aromatic rings. The van der Waals surface area contributed by atoms with E-state index < -0.39 is 11.2 Å². The normalized spacial score (nSPS) is 12.1. The lowest BCUT2D eigenvalue weighted by molar-refractivity contribution is -0.136. The predicted molar refractivity (Wildman–Crippen MR) is 79.1 cm³/mol. The Kier molecular flexibility index (Phi) is 4.75. The molecule has 0 amide bonds. The van der Waals surface area contributed by atoms with Gasteiger partial charge in [-0.3, -0.25) is 4.79 Å². The summed E-state index contributed by atoms with van der Waals surface area (Å²) in [6.07, 6.45) is 0. The van der Waals surface area contributed by atoms with Gasteiger partial charge in [-0.1, -0.05) is 53.5 Å². The Bertz CT molecular complexity index is 587. The molecule has 0 aliphatic carbocycles. The van der Waals surface area contributed by atoms with E-state index in [1.54, 1.807) is 30.3 Å². The fourth-order valence-corrected chi connectivity index (χ4v) is 3.09. The highest BCUT2D eigenvalue weighted by molar-refractivity contribution is 8.00. The number of hydrogen-bond acceptors (Lipinski definition) is 2. The van der Waals surface area contributed by atoms with E-state index in [0.717, 1.165) is 5.56 Å². The minimum atomic E-state index is -0.901. The second-order valence-corrected chi connectivity index (χ2v) is 5.81. The quantitative estimate of drug-likeness (QED) is 0.815. The van der Waals surface area contributed by atoms with E-state index in [1.165, 1.54) is 11.8 Å². The van der Waals surface area contributed by atoms with Gasteiger partial charge in [0.2, 0.25) is 0 Å². The van der Waals surface area contributed by atoms with Crippen molar-refractivity contribution in [2.45, 2.75) is 10.1 Å². The van der Waals surface area contributed by atoms with Crippen LogP contribution in [0.3, 0.4) is 0 Å². The lowest BCUT2D eigenvalue weighted by atomic mass is 10.1. The van der Waals surface area contributed by atoms with Crippen LogP contribution in [0, 0.1) is 0 Å². The Balaban J connectivity index is 2.29. The average molecular weight is 313 g/mol. The molecule has 0 aromatic heterocycles. The van der Waals surface area contributed by atoms with E-state index in [0.29, 0.717) is 14.9 Å². The third kappa shape index (κ3) is 3.66. The molecule has 0 heterocycles. The van der Waals surface area contributed by atoms with Crippen LogP contribution >= 0.6 is 35.0 Å². The van der Waals surface area contributed by atoms with Crippen molar-refractivity contribution < 1.29 is 9.90 Å². The summed E-state index contributed by atoms with van der Waals surface area (Å²) in [5.74, 6) is -0.901. The van der Waals surface area contributed by atoms with Crippen LogP contribution in [0.4, 0.5) is 0 Å². The first-order chi connectivity index (χ1) is 9.08. The van der Waals surface area contributed by atoms with Crippen molar-refractivity contribution in [2.75, 3.05) is 0 Å². The van der Waals surface area contributed by atoms with Gasteiger partial charge in [0.1, 0.15) is 5.25 Å². The molecule has 2 nitrogen and oxygen atoms in total. The molecule has 5 heteroatoms. The van der Waals surface area contributed by atoms with Crippen molar-refractivity contribution in [3.8, 4) is 0 Å². The van der Waals surface area contributed by atoms with Crippen LogP contribution in [0.2, 0.25) is 10.0 Å². The molecule has 1 unspecified atom stereocenters. The van der Waals surface area contributed by atoms with E-state index in [4.69, 9.17) is 23.2 Å². The second-order valence-electron chi connectivity index (χ2n) is 3.82. The SMILES string of the molecule is O=C(O)C(Sc1ccc(Cl)cc1Cl)c1ccccc1. The van der Waals surface area contributed by atoms with Gasteiger partial charge >= 0.3 is 5.97 Å². The highest BCUT2D eigenvalue weighted by Gasteiger charge is 2.22. The van der Waals surface area contributed by atoms with Gasteiger partial charge in [0, 0.05) is 9.92 Å². The van der Waals surface area contributed by atoms with E-state index >= 15 is 0 Å². The molecule has 19 heavy (non-hydrogen) atoms. The topological polar surface area (TPSA) is 37.3 Å². The number of carboxylic acids is 1. The summed E-state index contributed by atoms with van der Waals surface area (Å²) in [7, 11) is 0. The van der Waals surface area contributed by atoms with Gasteiger partial charge in [0.25, 0.3) is 0 Å². The third-order valence-corrected chi connectivity index (χ3v) is 4.44. The summed E-state index contributed by atoms with van der Waals surface area (Å²) in [6.45, 7) is 0. The molecule has 0 spiro atoms. The minimum Gasteiger partial charge on any atom is -0.480 e. The molecule has 0 saturated heterocycles. The number of carbonyl (C=O) groups is 1. The van der Waals surface area contributed by atoms with Crippen LogP contribution in [-0.2, 0) is 4.79 Å². The number of hydrogen-bond donors (Lipinski definition) is 1. The van der Waals surface area contributed by atoms with Crippen molar-refractivity contribution in [3.63, 3.8) is 0 Å². The molecular formula is C14H10Cl2O2S. The highest BCUT2D eigenvalue weighted by Crippen LogP contribution is 2.39. The molecule has 1 N–H and O–H groups in total. The Hall–Kier alpha value is -1.16. The molecular weight excluding hydrogens is 303 g/mol. The van der Waals surface area contributed by atoms with E-state index in [9.17, 15) is 9.90 Å². The van der Waals surface area contributed by atoms with Gasteiger partial charge in [0.05, 0.1) is 5.02 Å². The lowest BCUT2D eigenvalue weighted by Gasteiger charge is -2.13. The summed E-state index contributed by atoms with van der Waals surface area (Å²) < 4.78 is 0. The van der Waals surface area contributed by atoms with E-state index in [-0.39, 0.29) is 0 Å². The summed E-state index contributed by atoms with van der Waals surface area (Å²) >= 11 is 13.1. The van der Waals surface area contributed by atoms with Crippen LogP contribution in [0.5, 0.6) is 0 Å². The summed E-state index contributed by atoms with van der Waals surface area (Å²) in [5, 5.41) is 9.64. The molecule has 0 fully saturated rings. The smallest absolute Gasteiger partial charge is 0.321 e. The molecule has 0 saturated carbocycles. The number of rotatable bonds is 4. The van der Waals surface area contributed by atoms with Crippen LogP contribution in [-0.4, -0.2) is 11.1 Å². The summed E-state index contributed by atoms with van der Waals surface area (Å²) in [5.41, 5.74) is 0.728. The van der Waals surface area contributed by atoms with Crippen molar-refractivity contribution in [2.24, 2.45) is 0 Å². The first-order valence-electron chi connectivity index (χ1n) is 5.47. The molecule has 0 aliphatic rings. The van der Waals surface area contributed by atoms with Crippen LogP contribution in [0.25, 0.3) is 0 Å². The highest BCUT2D eigenvalue weighted by atomic mass is 35.5. The first-order valence-corrected chi connectivity index (χ1v) is 7.11. The fourth-order valence-electron chi connectivity index (χ4n) is 1.59. The van der Waals surface area contributed by atoms with Crippen molar-refractivity contribution in [3.05, 3.63) is 64.1 Å². The Labute approximate surface area is 125 Å². The zero-order valence-electron chi connectivity index (χ0n) is 9.72. The molecule has 0 aliphatic heterocycles. The van der Waals surface area contributed by atoms with Gasteiger partial charge < -0.3 is 5.11 Å². The molecule has 0 radical (unpaired) electrons. The minimum absolute atomic E-state index is 0.458. The van der Waals surface area contributed by atoms with E-state index in [1.807, 2.05) is 18.2 Å². The molecule has 2 rings (SSSR count). The molecule has 0 bridgehead atoms. The van der Waals surface area contributed by atoms with Gasteiger partial charge in [-0.25, -0.2) is 0 Å². The van der Waals surface area contributed by atoms with Gasteiger partial charge in [-0.05, 0) is 23.8 Å². The van der Waals surface area contributed by atoms with Crippen LogP contribution < -0.4 is 0 Å². The second kappa shape index (κ2) is 6.33. The van der Waals surface area contributed by atoms with Crippen molar-refractivity contribution >= 4 is 40.9 Å². The van der Waals surface area contributed by atoms with E-state index in [2.05, 4.69) is 0 Å². The molecule has 1 atom stereocenters. The number of aliphatic carboxylic acids is 1. The zero-order chi connectivity index (χ0) is 13.8. The van der Waals surface area contributed by atoms with Gasteiger partial charge in [-0.15, -0.1) is 11.8 Å². The first kappa shape index (κ1) is 14.3. The molecule has 2 aromatic carbocycles. The third-order valence-electron chi connectivity index (χ3n) is 2.47. The Morgan fingerprint density at radius 3 is 2.37 bits per heavy atom. The van der Waals surface area contributed by atoms with Crippen molar-refractivity contribution in [1.82, 2.24) is 0 Å². The monoisotopic (exact) mass is 312 g/mol. The summed E-state index contributed by atoms with van der Waals surface area (Å²) in [6, 6.07) is 14.1. The molecule has 98 valence electrons. The maximum Gasteiger partial charge on any atom is 0.321 e. The van der Waals surface area contributed by atoms with Gasteiger partial charge in [-0.2, -0.15) is 0 Å². The van der Waals surface area contributed by atoms with Crippen LogP contribution in [0.1, 0.15) is 10.8 Å².